The molecule has 5 aromatic rings. The molecule has 0 aliphatic rings. The zero-order valence-corrected chi connectivity index (χ0v) is 27.7. The quantitative estimate of drug-likeness (QED) is 0.0727. The molecule has 0 fully saturated rings. The highest BCUT2D eigenvalue weighted by Gasteiger charge is 2.23. The van der Waals surface area contributed by atoms with Gasteiger partial charge in [-0.05, 0) is 90.9 Å². The van der Waals surface area contributed by atoms with Gasteiger partial charge in [-0.25, -0.2) is 0 Å². The summed E-state index contributed by atoms with van der Waals surface area (Å²) in [5.41, 5.74) is 3.63. The normalized spacial score (nSPS) is 11.7. The smallest absolute Gasteiger partial charge is 0.272 e. The van der Waals surface area contributed by atoms with Crippen molar-refractivity contribution in [1.82, 2.24) is 5.32 Å². The lowest BCUT2D eigenvalue weighted by Gasteiger charge is -2.18. The Morgan fingerprint density at radius 2 is 1.34 bits per heavy atom. The fraction of sp³-hybridized carbons (Fsp3) is 0.0526. The molecular weight excluding hydrogens is 674 g/mol. The van der Waals surface area contributed by atoms with Crippen LogP contribution >= 0.6 is 27.7 Å². The number of benzene rings is 5. The van der Waals surface area contributed by atoms with Gasteiger partial charge in [0.15, 0.2) is 5.78 Å². The van der Waals surface area contributed by atoms with Crippen LogP contribution in [-0.2, 0) is 9.59 Å². The number of thioether (sulfide) groups is 1. The van der Waals surface area contributed by atoms with Gasteiger partial charge in [0.05, 0.1) is 0 Å². The van der Waals surface area contributed by atoms with Crippen molar-refractivity contribution in [2.45, 2.75) is 17.1 Å². The second-order valence-electron chi connectivity index (χ2n) is 10.4. The van der Waals surface area contributed by atoms with Crippen molar-refractivity contribution >= 4 is 68.6 Å². The number of ketones is 1. The minimum Gasteiger partial charge on any atom is -0.325 e. The van der Waals surface area contributed by atoms with E-state index in [2.05, 4.69) is 31.9 Å². The third-order valence-corrected chi connectivity index (χ3v) is 8.73. The fourth-order valence-electron chi connectivity index (χ4n) is 4.55. The van der Waals surface area contributed by atoms with Gasteiger partial charge < -0.3 is 16.0 Å². The summed E-state index contributed by atoms with van der Waals surface area (Å²) in [5, 5.41) is 7.99. The number of rotatable bonds is 11. The van der Waals surface area contributed by atoms with Crippen molar-refractivity contribution in [3.05, 3.63) is 166 Å². The van der Waals surface area contributed by atoms with E-state index >= 15 is 0 Å². The fourth-order valence-corrected chi connectivity index (χ4v) is 5.89. The van der Waals surface area contributed by atoms with E-state index in [1.54, 1.807) is 72.8 Å². The number of halogens is 1. The molecule has 234 valence electrons. The van der Waals surface area contributed by atoms with Gasteiger partial charge in [-0.2, -0.15) is 0 Å². The van der Waals surface area contributed by atoms with Gasteiger partial charge in [0.2, 0.25) is 5.91 Å². The van der Waals surface area contributed by atoms with Crippen LogP contribution in [0, 0.1) is 0 Å². The molecule has 9 heteroatoms. The molecule has 3 N–H and O–H groups in total. The molecular formula is C38H30BrN3O4S. The van der Waals surface area contributed by atoms with Crippen LogP contribution in [0.25, 0.3) is 6.08 Å². The maximum atomic E-state index is 13.6. The van der Waals surface area contributed by atoms with Gasteiger partial charge in [0, 0.05) is 31.9 Å². The number of nitrogens with one attached hydrogen (secondary N) is 3. The summed E-state index contributed by atoms with van der Waals surface area (Å²) in [5.74, 6) is -1.22. The maximum Gasteiger partial charge on any atom is 0.272 e. The molecule has 0 bridgehead atoms. The van der Waals surface area contributed by atoms with E-state index in [-0.39, 0.29) is 17.4 Å². The summed E-state index contributed by atoms with van der Waals surface area (Å²) in [6.45, 7) is 1.49. The lowest BCUT2D eigenvalue weighted by atomic mass is 10.1. The Labute approximate surface area is 285 Å². The summed E-state index contributed by atoms with van der Waals surface area (Å²) in [6, 6.07) is 39.4. The predicted molar refractivity (Wildman–Crippen MR) is 191 cm³/mol. The monoisotopic (exact) mass is 703 g/mol. The third-order valence-electron chi connectivity index (χ3n) is 6.96. The van der Waals surface area contributed by atoms with E-state index in [9.17, 15) is 19.2 Å². The van der Waals surface area contributed by atoms with Crippen molar-refractivity contribution < 1.29 is 19.2 Å². The van der Waals surface area contributed by atoms with Crippen LogP contribution in [0.5, 0.6) is 0 Å². The minimum atomic E-state index is -0.618. The highest BCUT2D eigenvalue weighted by Crippen LogP contribution is 2.37. The Balaban J connectivity index is 1.36. The summed E-state index contributed by atoms with van der Waals surface area (Å²) in [6.07, 6.45) is 1.61. The van der Waals surface area contributed by atoms with Crippen molar-refractivity contribution in [3.8, 4) is 0 Å². The highest BCUT2D eigenvalue weighted by molar-refractivity contribution is 9.10. The van der Waals surface area contributed by atoms with E-state index in [4.69, 9.17) is 0 Å². The number of hydrogen-bond donors (Lipinski definition) is 3. The molecule has 0 heterocycles. The molecule has 5 rings (SSSR count). The molecule has 7 nitrogen and oxygen atoms in total. The van der Waals surface area contributed by atoms with Crippen LogP contribution in [0.4, 0.5) is 11.4 Å². The molecule has 3 amide bonds. The molecule has 0 aliphatic heterocycles. The standard InChI is InChI=1S/C38H30BrN3O4S/c1-25(43)27-17-21-31(22-18-27)40-38(46)35(28-9-4-2-5-10-28)47-33-14-8-13-32(24-33)41-37(45)34(23-26-15-19-30(39)20-16-26)42-36(44)29-11-6-3-7-12-29/h2-24,35H,1H3,(H,40,46)(H,41,45)(H,42,44)/b34-23-. The van der Waals surface area contributed by atoms with Crippen molar-refractivity contribution in [2.24, 2.45) is 0 Å². The van der Waals surface area contributed by atoms with E-state index in [1.165, 1.54) is 18.7 Å². The van der Waals surface area contributed by atoms with Gasteiger partial charge in [-0.1, -0.05) is 82.7 Å². The van der Waals surface area contributed by atoms with Crippen molar-refractivity contribution in [2.75, 3.05) is 10.6 Å². The summed E-state index contributed by atoms with van der Waals surface area (Å²) in [7, 11) is 0. The topological polar surface area (TPSA) is 104 Å². The molecule has 0 saturated carbocycles. The number of anilines is 2. The summed E-state index contributed by atoms with van der Waals surface area (Å²) in [4.78, 5) is 52.6. The van der Waals surface area contributed by atoms with E-state index in [0.29, 0.717) is 22.5 Å². The number of hydrogen-bond acceptors (Lipinski definition) is 5. The molecule has 0 aliphatic carbocycles. The zero-order valence-electron chi connectivity index (χ0n) is 25.3. The lowest BCUT2D eigenvalue weighted by molar-refractivity contribution is -0.116. The second-order valence-corrected chi connectivity index (χ2v) is 12.5. The van der Waals surface area contributed by atoms with Gasteiger partial charge in [0.1, 0.15) is 10.9 Å². The number of Topliss-reactive ketones (excluding diaryl/α,β-unsaturated/α-hetero) is 1. The largest absolute Gasteiger partial charge is 0.325 e. The molecule has 0 saturated heterocycles. The molecule has 47 heavy (non-hydrogen) atoms. The SMILES string of the molecule is CC(=O)c1ccc(NC(=O)C(Sc2cccc(NC(=O)/C(=C/c3ccc(Br)cc3)NC(=O)c3ccccc3)c2)c2ccccc2)cc1. The van der Waals surface area contributed by atoms with Crippen molar-refractivity contribution in [3.63, 3.8) is 0 Å². The van der Waals surface area contributed by atoms with Crippen LogP contribution in [0.2, 0.25) is 0 Å². The third kappa shape index (κ3) is 9.38. The lowest BCUT2D eigenvalue weighted by Crippen LogP contribution is -2.30. The molecule has 0 spiro atoms. The first-order valence-electron chi connectivity index (χ1n) is 14.6. The van der Waals surface area contributed by atoms with Crippen LogP contribution < -0.4 is 16.0 Å². The Hall–Kier alpha value is -5.25. The highest BCUT2D eigenvalue weighted by atomic mass is 79.9. The average Bonchev–Trinajstić information content (AvgIpc) is 3.09. The van der Waals surface area contributed by atoms with Crippen LogP contribution in [0.1, 0.15) is 44.0 Å². The van der Waals surface area contributed by atoms with Gasteiger partial charge >= 0.3 is 0 Å². The molecule has 0 aromatic heterocycles. The van der Waals surface area contributed by atoms with E-state index < -0.39 is 17.1 Å². The van der Waals surface area contributed by atoms with Crippen LogP contribution in [0.15, 0.2) is 149 Å². The average molecular weight is 705 g/mol. The summed E-state index contributed by atoms with van der Waals surface area (Å²) < 4.78 is 0.886. The minimum absolute atomic E-state index is 0.0536. The van der Waals surface area contributed by atoms with Crippen molar-refractivity contribution in [1.29, 1.82) is 0 Å². The predicted octanol–water partition coefficient (Wildman–Crippen LogP) is 8.53. The zero-order chi connectivity index (χ0) is 33.2. The molecule has 1 atom stereocenters. The molecule has 5 aromatic carbocycles. The number of amides is 3. The molecule has 0 radical (unpaired) electrons. The first kappa shape index (κ1) is 33.1. The Morgan fingerprint density at radius 1 is 0.681 bits per heavy atom. The first-order valence-corrected chi connectivity index (χ1v) is 16.3. The Bertz CT molecular complexity index is 1910. The second kappa shape index (κ2) is 15.8. The van der Waals surface area contributed by atoms with Gasteiger partial charge in [0.25, 0.3) is 11.8 Å². The summed E-state index contributed by atoms with van der Waals surface area (Å²) >= 11 is 4.75. The van der Waals surface area contributed by atoms with E-state index in [1.807, 2.05) is 66.7 Å². The van der Waals surface area contributed by atoms with Crippen LogP contribution in [0.3, 0.4) is 0 Å². The molecule has 1 unspecified atom stereocenters. The van der Waals surface area contributed by atoms with Gasteiger partial charge in [-0.3, -0.25) is 19.2 Å². The van der Waals surface area contributed by atoms with Crippen LogP contribution in [-0.4, -0.2) is 23.5 Å². The maximum absolute atomic E-state index is 13.6. The van der Waals surface area contributed by atoms with E-state index in [0.717, 1.165) is 20.5 Å². The Morgan fingerprint density at radius 3 is 2.00 bits per heavy atom. The first-order chi connectivity index (χ1) is 22.7. The Kier molecular flexibility index (Phi) is 11.2. The number of carbonyl (C=O) groups excluding carboxylic acids is 4. The number of carbonyl (C=O) groups is 4. The van der Waals surface area contributed by atoms with Gasteiger partial charge in [-0.15, -0.1) is 11.8 Å².